The summed E-state index contributed by atoms with van der Waals surface area (Å²) in [5, 5.41) is 0. The lowest BCUT2D eigenvalue weighted by Crippen LogP contribution is -2.32. The molecule has 0 amide bonds. The molecule has 0 heterocycles. The number of nitrogens with one attached hydrogen (secondary N) is 1. The Bertz CT molecular complexity index is 859. The predicted molar refractivity (Wildman–Crippen MR) is 96.2 cm³/mol. The topological polar surface area (TPSA) is 72.5 Å². The van der Waals surface area contributed by atoms with E-state index in [1.165, 1.54) is 31.4 Å². The van der Waals surface area contributed by atoms with Gasteiger partial charge in [0.25, 0.3) is 0 Å². The van der Waals surface area contributed by atoms with Crippen molar-refractivity contribution in [1.29, 1.82) is 0 Å². The van der Waals surface area contributed by atoms with Gasteiger partial charge >= 0.3 is 5.97 Å². The molecule has 6 heteroatoms. The number of allylic oxidation sites excluding steroid dienone is 2. The molecule has 0 bridgehead atoms. The second-order valence-corrected chi connectivity index (χ2v) is 6.84. The van der Waals surface area contributed by atoms with Crippen molar-refractivity contribution in [3.8, 4) is 0 Å². The summed E-state index contributed by atoms with van der Waals surface area (Å²) in [4.78, 5) is 12.3. The van der Waals surface area contributed by atoms with Crippen molar-refractivity contribution in [2.45, 2.75) is 10.9 Å². The first-order chi connectivity index (χ1) is 12.0. The lowest BCUT2D eigenvalue weighted by atomic mass is 9.99. The van der Waals surface area contributed by atoms with Crippen molar-refractivity contribution in [1.82, 2.24) is 4.72 Å². The van der Waals surface area contributed by atoms with Crippen LogP contribution in [-0.2, 0) is 19.6 Å². The van der Waals surface area contributed by atoms with E-state index in [4.69, 9.17) is 4.74 Å². The highest BCUT2D eigenvalue weighted by molar-refractivity contribution is 7.89. The minimum Gasteiger partial charge on any atom is -0.466 e. The molecule has 0 fully saturated rings. The van der Waals surface area contributed by atoms with Gasteiger partial charge in [-0.2, -0.15) is 4.72 Å². The predicted octanol–water partition coefficient (Wildman–Crippen LogP) is 2.99. The highest BCUT2D eigenvalue weighted by atomic mass is 32.2. The normalized spacial score (nSPS) is 13.1. The van der Waals surface area contributed by atoms with Crippen LogP contribution < -0.4 is 4.72 Å². The monoisotopic (exact) mass is 357 g/mol. The van der Waals surface area contributed by atoms with Crippen molar-refractivity contribution in [3.05, 3.63) is 90.5 Å². The molecule has 130 valence electrons. The Kier molecular flexibility index (Phi) is 6.27. The second kappa shape index (κ2) is 8.41. The number of carbonyl (C=O) groups is 1. The van der Waals surface area contributed by atoms with Crippen LogP contribution >= 0.6 is 0 Å². The molecule has 1 N–H and O–H groups in total. The zero-order valence-corrected chi connectivity index (χ0v) is 14.6. The van der Waals surface area contributed by atoms with Crippen LogP contribution in [0.1, 0.15) is 11.6 Å². The van der Waals surface area contributed by atoms with E-state index in [9.17, 15) is 13.2 Å². The van der Waals surface area contributed by atoms with Gasteiger partial charge in [-0.05, 0) is 17.7 Å². The minimum absolute atomic E-state index is 0.110. The minimum atomic E-state index is -3.85. The van der Waals surface area contributed by atoms with Crippen LogP contribution in [0, 0.1) is 0 Å². The number of benzene rings is 2. The fourth-order valence-electron chi connectivity index (χ4n) is 2.31. The molecule has 2 rings (SSSR count). The Morgan fingerprint density at radius 3 is 2.16 bits per heavy atom. The van der Waals surface area contributed by atoms with Gasteiger partial charge in [-0.3, -0.25) is 0 Å². The fourth-order valence-corrected chi connectivity index (χ4v) is 3.53. The van der Waals surface area contributed by atoms with E-state index in [1.807, 2.05) is 0 Å². The van der Waals surface area contributed by atoms with Gasteiger partial charge in [0.15, 0.2) is 0 Å². The summed E-state index contributed by atoms with van der Waals surface area (Å²) in [5.74, 6) is -0.635. The third-order valence-electron chi connectivity index (χ3n) is 3.49. The number of methoxy groups -OCH3 is 1. The van der Waals surface area contributed by atoms with Gasteiger partial charge in [0.05, 0.1) is 23.6 Å². The molecule has 0 aromatic heterocycles. The van der Waals surface area contributed by atoms with Crippen molar-refractivity contribution in [2.24, 2.45) is 0 Å². The van der Waals surface area contributed by atoms with Gasteiger partial charge in [0.1, 0.15) is 0 Å². The average Bonchev–Trinajstić information content (AvgIpc) is 2.65. The molecule has 1 atom stereocenters. The first kappa shape index (κ1) is 18.6. The number of carbonyl (C=O) groups excluding carboxylic acids is 1. The van der Waals surface area contributed by atoms with E-state index in [0.29, 0.717) is 5.56 Å². The van der Waals surface area contributed by atoms with Crippen molar-refractivity contribution in [2.75, 3.05) is 7.11 Å². The highest BCUT2D eigenvalue weighted by Gasteiger charge is 2.28. The van der Waals surface area contributed by atoms with Crippen molar-refractivity contribution in [3.63, 3.8) is 0 Å². The standard InChI is InChI=1S/C19H19NO4S/c1-3-10-17(19(21)24-2)18(15-11-6-4-7-12-15)20-25(22,23)16-13-8-5-9-14-16/h3-14,18,20H,1H2,2H3/b17-10+. The number of hydrogen-bond acceptors (Lipinski definition) is 4. The van der Waals surface area contributed by atoms with E-state index < -0.39 is 22.0 Å². The average molecular weight is 357 g/mol. The maximum absolute atomic E-state index is 12.7. The van der Waals surface area contributed by atoms with Crippen molar-refractivity contribution < 1.29 is 17.9 Å². The smallest absolute Gasteiger partial charge is 0.335 e. The Morgan fingerprint density at radius 1 is 1.08 bits per heavy atom. The summed E-state index contributed by atoms with van der Waals surface area (Å²) in [6, 6.07) is 15.9. The number of rotatable bonds is 7. The van der Waals surface area contributed by atoms with E-state index in [0.717, 1.165) is 0 Å². The summed E-state index contributed by atoms with van der Waals surface area (Å²) in [6.45, 7) is 3.59. The molecule has 0 aliphatic carbocycles. The third kappa shape index (κ3) is 4.65. The van der Waals surface area contributed by atoms with E-state index in [2.05, 4.69) is 11.3 Å². The molecule has 0 radical (unpaired) electrons. The Hall–Kier alpha value is -2.70. The maximum atomic E-state index is 12.7. The molecule has 2 aromatic rings. The number of esters is 1. The summed E-state index contributed by atoms with van der Waals surface area (Å²) < 4.78 is 32.8. The Balaban J connectivity index is 2.51. The molecule has 0 saturated carbocycles. The number of sulfonamides is 1. The van der Waals surface area contributed by atoms with Crippen LogP contribution in [0.2, 0.25) is 0 Å². The number of hydrogen-bond donors (Lipinski definition) is 1. The van der Waals surface area contributed by atoms with Crippen LogP contribution in [0.15, 0.2) is 89.9 Å². The molecule has 2 aromatic carbocycles. The number of ether oxygens (including phenoxy) is 1. The first-order valence-corrected chi connectivity index (χ1v) is 9.01. The van der Waals surface area contributed by atoms with Gasteiger partial charge < -0.3 is 4.74 Å². The van der Waals surface area contributed by atoms with Gasteiger partial charge in [-0.1, -0.05) is 67.3 Å². The first-order valence-electron chi connectivity index (χ1n) is 7.53. The third-order valence-corrected chi connectivity index (χ3v) is 4.93. The van der Waals surface area contributed by atoms with E-state index >= 15 is 0 Å². The summed E-state index contributed by atoms with van der Waals surface area (Å²) in [7, 11) is -2.60. The fraction of sp³-hybridized carbons (Fsp3) is 0.105. The molecular weight excluding hydrogens is 338 g/mol. The van der Waals surface area contributed by atoms with E-state index in [-0.39, 0.29) is 10.5 Å². The Labute approximate surface area is 147 Å². The molecule has 0 spiro atoms. The SMILES string of the molecule is C=C/C=C(/C(=O)OC)C(NS(=O)(=O)c1ccccc1)c1ccccc1. The van der Waals surface area contributed by atoms with Gasteiger partial charge in [0.2, 0.25) is 10.0 Å². The molecule has 0 aliphatic heterocycles. The molecule has 0 saturated heterocycles. The van der Waals surface area contributed by atoms with Gasteiger partial charge in [0, 0.05) is 0 Å². The van der Waals surface area contributed by atoms with Crippen molar-refractivity contribution >= 4 is 16.0 Å². The quantitative estimate of drug-likeness (QED) is 0.470. The molecule has 0 aliphatic rings. The highest BCUT2D eigenvalue weighted by Crippen LogP contribution is 2.25. The van der Waals surface area contributed by atoms with Gasteiger partial charge in [-0.25, -0.2) is 13.2 Å². The van der Waals surface area contributed by atoms with E-state index in [1.54, 1.807) is 48.5 Å². The largest absolute Gasteiger partial charge is 0.466 e. The zero-order chi connectivity index (χ0) is 18.3. The zero-order valence-electron chi connectivity index (χ0n) is 13.8. The van der Waals surface area contributed by atoms with Crippen LogP contribution in [-0.4, -0.2) is 21.5 Å². The van der Waals surface area contributed by atoms with Crippen LogP contribution in [0.3, 0.4) is 0 Å². The summed E-state index contributed by atoms with van der Waals surface area (Å²) >= 11 is 0. The summed E-state index contributed by atoms with van der Waals surface area (Å²) in [6.07, 6.45) is 2.86. The second-order valence-electron chi connectivity index (χ2n) is 5.13. The molecule has 5 nitrogen and oxygen atoms in total. The lowest BCUT2D eigenvalue weighted by Gasteiger charge is -2.21. The Morgan fingerprint density at radius 2 is 1.64 bits per heavy atom. The van der Waals surface area contributed by atoms with Crippen LogP contribution in [0.4, 0.5) is 0 Å². The van der Waals surface area contributed by atoms with Crippen LogP contribution in [0.25, 0.3) is 0 Å². The van der Waals surface area contributed by atoms with Crippen LogP contribution in [0.5, 0.6) is 0 Å². The molecular formula is C19H19NO4S. The molecule has 25 heavy (non-hydrogen) atoms. The lowest BCUT2D eigenvalue weighted by molar-refractivity contribution is -0.136. The summed E-state index contributed by atoms with van der Waals surface area (Å²) in [5.41, 5.74) is 0.753. The molecule has 1 unspecified atom stereocenters. The maximum Gasteiger partial charge on any atom is 0.335 e. The van der Waals surface area contributed by atoms with Gasteiger partial charge in [-0.15, -0.1) is 0 Å².